The molecule has 2 N–H and O–H groups in total. The summed E-state index contributed by atoms with van der Waals surface area (Å²) in [5.41, 5.74) is 2.01. The van der Waals surface area contributed by atoms with Crippen LogP contribution in [-0.4, -0.2) is 40.4 Å². The van der Waals surface area contributed by atoms with Crippen LogP contribution in [0.3, 0.4) is 0 Å². The van der Waals surface area contributed by atoms with Crippen molar-refractivity contribution in [2.75, 3.05) is 19.6 Å². The summed E-state index contributed by atoms with van der Waals surface area (Å²) in [6, 6.07) is -0.252. The summed E-state index contributed by atoms with van der Waals surface area (Å²) in [4.78, 5) is 22.3. The van der Waals surface area contributed by atoms with Crippen LogP contribution >= 0.6 is 0 Å². The van der Waals surface area contributed by atoms with Crippen molar-refractivity contribution in [2.24, 2.45) is 11.8 Å². The summed E-state index contributed by atoms with van der Waals surface area (Å²) in [7, 11) is 0. The number of carbonyl (C=O) groups excluding carboxylic acids is 1. The number of carbonyl (C=O) groups is 1. The zero-order valence-corrected chi connectivity index (χ0v) is 11.5. The number of aromatic nitrogens is 2. The Bertz CT molecular complexity index is 534. The number of amides is 1. The monoisotopic (exact) mass is 272 g/mol. The van der Waals surface area contributed by atoms with E-state index in [-0.39, 0.29) is 11.9 Å². The van der Waals surface area contributed by atoms with Crippen LogP contribution in [0.25, 0.3) is 0 Å². The lowest BCUT2D eigenvalue weighted by Crippen LogP contribution is -2.43. The highest BCUT2D eigenvalue weighted by molar-refractivity contribution is 5.83. The summed E-state index contributed by atoms with van der Waals surface area (Å²) in [6.45, 7) is 2.66. The average molecular weight is 272 g/mol. The molecule has 0 saturated carbocycles. The van der Waals surface area contributed by atoms with E-state index in [1.165, 1.54) is 0 Å². The van der Waals surface area contributed by atoms with Crippen LogP contribution in [0.2, 0.25) is 0 Å². The Morgan fingerprint density at radius 3 is 2.75 bits per heavy atom. The van der Waals surface area contributed by atoms with Crippen molar-refractivity contribution in [3.63, 3.8) is 0 Å². The number of nitrogens with zero attached hydrogens (tertiary/aromatic N) is 2. The lowest BCUT2D eigenvalue weighted by molar-refractivity contribution is -0.133. The van der Waals surface area contributed by atoms with E-state index in [1.807, 2.05) is 4.90 Å². The van der Waals surface area contributed by atoms with E-state index in [4.69, 9.17) is 0 Å². The molecule has 1 aliphatic carbocycles. The molecule has 0 spiro atoms. The first kappa shape index (κ1) is 12.1. The van der Waals surface area contributed by atoms with Crippen molar-refractivity contribution in [3.05, 3.63) is 29.9 Å². The van der Waals surface area contributed by atoms with Gasteiger partial charge in [-0.1, -0.05) is 12.2 Å². The molecule has 3 aliphatic rings. The van der Waals surface area contributed by atoms with Gasteiger partial charge in [-0.15, -0.1) is 0 Å². The fourth-order valence-corrected chi connectivity index (χ4v) is 3.80. The van der Waals surface area contributed by atoms with E-state index in [2.05, 4.69) is 27.4 Å². The van der Waals surface area contributed by atoms with E-state index in [9.17, 15) is 4.79 Å². The molecular weight excluding hydrogens is 252 g/mol. The fraction of sp³-hybridized carbons (Fsp3) is 0.600. The quantitative estimate of drug-likeness (QED) is 0.750. The maximum atomic E-state index is 12.8. The van der Waals surface area contributed by atoms with Gasteiger partial charge in [-0.2, -0.15) is 0 Å². The number of allylic oxidation sites excluding steroid dienone is 2. The molecule has 2 aliphatic heterocycles. The summed E-state index contributed by atoms with van der Waals surface area (Å²) in [6.07, 6.45) is 9.40. The predicted molar refractivity (Wildman–Crippen MR) is 75.0 cm³/mol. The molecule has 0 unspecified atom stereocenters. The van der Waals surface area contributed by atoms with Crippen LogP contribution in [0.15, 0.2) is 18.5 Å². The smallest absolute Gasteiger partial charge is 0.246 e. The van der Waals surface area contributed by atoms with Crippen molar-refractivity contribution in [1.29, 1.82) is 0 Å². The minimum absolute atomic E-state index is 0.201. The molecule has 1 aromatic rings. The first-order valence-corrected chi connectivity index (χ1v) is 7.52. The van der Waals surface area contributed by atoms with Gasteiger partial charge in [0, 0.05) is 31.7 Å². The Hall–Kier alpha value is -1.62. The minimum Gasteiger partial charge on any atom is -0.348 e. The number of fused-ring (bicyclic) bond motifs is 2. The lowest BCUT2D eigenvalue weighted by atomic mass is 9.86. The van der Waals surface area contributed by atoms with Gasteiger partial charge < -0.3 is 15.2 Å². The number of aromatic amines is 1. The molecule has 20 heavy (non-hydrogen) atoms. The maximum absolute atomic E-state index is 12.8. The normalized spacial score (nSPS) is 32.0. The lowest BCUT2D eigenvalue weighted by Gasteiger charge is -2.27. The van der Waals surface area contributed by atoms with Crippen molar-refractivity contribution in [1.82, 2.24) is 20.2 Å². The molecule has 1 amide bonds. The number of hydrogen-bond acceptors (Lipinski definition) is 3. The Morgan fingerprint density at radius 2 is 2.00 bits per heavy atom. The largest absolute Gasteiger partial charge is 0.348 e. The molecule has 1 fully saturated rings. The summed E-state index contributed by atoms with van der Waals surface area (Å²) in [5.74, 6) is 1.52. The van der Waals surface area contributed by atoms with Crippen LogP contribution in [0.1, 0.15) is 30.3 Å². The highest BCUT2D eigenvalue weighted by Crippen LogP contribution is 2.34. The highest BCUT2D eigenvalue weighted by Gasteiger charge is 2.39. The van der Waals surface area contributed by atoms with Crippen molar-refractivity contribution in [3.8, 4) is 0 Å². The molecule has 3 atom stereocenters. The average Bonchev–Trinajstić information content (AvgIpc) is 3.12. The molecule has 5 heteroatoms. The molecule has 1 aromatic heterocycles. The van der Waals surface area contributed by atoms with Crippen LogP contribution in [0.4, 0.5) is 0 Å². The zero-order valence-electron chi connectivity index (χ0n) is 11.5. The van der Waals surface area contributed by atoms with Gasteiger partial charge in [0.05, 0.1) is 12.0 Å². The standard InChI is InChI=1S/C15H20N4O/c20-15(14-13-12(5-6-16-14)17-9-18-13)19-7-10-3-1-2-4-11(10)8-19/h1-2,9-11,14,16H,3-8H2,(H,17,18)/t10-,11+,14-/m1/s1. The number of H-pyrrole nitrogens is 1. The van der Waals surface area contributed by atoms with E-state index in [0.29, 0.717) is 11.8 Å². The van der Waals surface area contributed by atoms with Gasteiger partial charge >= 0.3 is 0 Å². The van der Waals surface area contributed by atoms with Gasteiger partial charge in [0.25, 0.3) is 0 Å². The number of likely N-dealkylation sites (tertiary alicyclic amines) is 1. The Balaban J connectivity index is 1.52. The molecular formula is C15H20N4O. The van der Waals surface area contributed by atoms with Gasteiger partial charge in [-0.3, -0.25) is 4.79 Å². The predicted octanol–water partition coefficient (Wildman–Crippen LogP) is 1.02. The van der Waals surface area contributed by atoms with Gasteiger partial charge in [0.1, 0.15) is 6.04 Å². The molecule has 0 radical (unpaired) electrons. The van der Waals surface area contributed by atoms with Crippen LogP contribution in [0.5, 0.6) is 0 Å². The summed E-state index contributed by atoms with van der Waals surface area (Å²) >= 11 is 0. The second-order valence-corrected chi connectivity index (χ2v) is 6.11. The fourth-order valence-electron chi connectivity index (χ4n) is 3.80. The Kier molecular flexibility index (Phi) is 2.88. The third-order valence-corrected chi connectivity index (χ3v) is 4.93. The van der Waals surface area contributed by atoms with E-state index in [1.54, 1.807) is 6.33 Å². The molecule has 4 rings (SSSR count). The topological polar surface area (TPSA) is 61.0 Å². The minimum atomic E-state index is -0.252. The molecule has 3 heterocycles. The van der Waals surface area contributed by atoms with Crippen molar-refractivity contribution in [2.45, 2.75) is 25.3 Å². The Morgan fingerprint density at radius 1 is 1.25 bits per heavy atom. The summed E-state index contributed by atoms with van der Waals surface area (Å²) in [5, 5.41) is 3.33. The van der Waals surface area contributed by atoms with Crippen molar-refractivity contribution < 1.29 is 4.79 Å². The molecule has 5 nitrogen and oxygen atoms in total. The van der Waals surface area contributed by atoms with Gasteiger partial charge in [0.2, 0.25) is 5.91 Å². The van der Waals surface area contributed by atoms with Crippen LogP contribution in [-0.2, 0) is 11.2 Å². The van der Waals surface area contributed by atoms with Gasteiger partial charge in [0.15, 0.2) is 0 Å². The highest BCUT2D eigenvalue weighted by atomic mass is 16.2. The number of rotatable bonds is 1. The first-order chi connectivity index (χ1) is 9.83. The van der Waals surface area contributed by atoms with Crippen LogP contribution < -0.4 is 5.32 Å². The van der Waals surface area contributed by atoms with E-state index in [0.717, 1.165) is 50.3 Å². The molecule has 0 bridgehead atoms. The maximum Gasteiger partial charge on any atom is 0.246 e. The third kappa shape index (κ3) is 1.88. The zero-order chi connectivity index (χ0) is 13.5. The Labute approximate surface area is 118 Å². The van der Waals surface area contributed by atoms with E-state index >= 15 is 0 Å². The number of nitrogens with one attached hydrogen (secondary N) is 2. The summed E-state index contributed by atoms with van der Waals surface area (Å²) < 4.78 is 0. The SMILES string of the molecule is O=C([C@@H]1NCCc2[nH]cnc21)N1C[C@H]2CC=CC[C@H]2C1. The van der Waals surface area contributed by atoms with Crippen LogP contribution in [0, 0.1) is 11.8 Å². The number of imidazole rings is 1. The van der Waals surface area contributed by atoms with Gasteiger partial charge in [-0.25, -0.2) is 4.98 Å². The second-order valence-electron chi connectivity index (χ2n) is 6.11. The van der Waals surface area contributed by atoms with Gasteiger partial charge in [-0.05, 0) is 24.7 Å². The third-order valence-electron chi connectivity index (χ3n) is 4.93. The molecule has 0 aromatic carbocycles. The van der Waals surface area contributed by atoms with Crippen molar-refractivity contribution >= 4 is 5.91 Å². The van der Waals surface area contributed by atoms with E-state index < -0.39 is 0 Å². The first-order valence-electron chi connectivity index (χ1n) is 7.52. The molecule has 1 saturated heterocycles. The second kappa shape index (κ2) is 4.74. The molecule has 106 valence electrons. The number of hydrogen-bond donors (Lipinski definition) is 2.